The van der Waals surface area contributed by atoms with Crippen molar-refractivity contribution in [3.8, 4) is 11.4 Å². The first-order chi connectivity index (χ1) is 12.8. The van der Waals surface area contributed by atoms with Gasteiger partial charge in [-0.1, -0.05) is 30.3 Å². The summed E-state index contributed by atoms with van der Waals surface area (Å²) < 4.78 is 0. The second kappa shape index (κ2) is 7.47. The topological polar surface area (TPSA) is 75.6 Å². The summed E-state index contributed by atoms with van der Waals surface area (Å²) in [7, 11) is 0. The van der Waals surface area contributed by atoms with Gasteiger partial charge in [0, 0.05) is 35.8 Å². The third-order valence-electron chi connectivity index (χ3n) is 4.53. The van der Waals surface area contributed by atoms with Crippen LogP contribution in [0.4, 0.5) is 11.8 Å². The molecule has 0 radical (unpaired) electrons. The number of fused-ring (bicyclic) bond motifs is 1. The third kappa shape index (κ3) is 3.49. The van der Waals surface area contributed by atoms with Gasteiger partial charge in [-0.25, -0.2) is 15.0 Å². The van der Waals surface area contributed by atoms with Crippen LogP contribution < -0.4 is 10.6 Å². The fraction of sp³-hybridized carbons (Fsp3) is 0.300. The first-order valence-electron chi connectivity index (χ1n) is 9.08. The highest BCUT2D eigenvalue weighted by Gasteiger charge is 2.23. The highest BCUT2D eigenvalue weighted by atomic mass is 15.2. The van der Waals surface area contributed by atoms with Gasteiger partial charge in [0.15, 0.2) is 5.82 Å². The molecule has 3 aromatic rings. The van der Waals surface area contributed by atoms with E-state index in [1.54, 1.807) is 6.20 Å². The van der Waals surface area contributed by atoms with Crippen LogP contribution in [0.15, 0.2) is 48.8 Å². The Hall–Kier alpha value is -3.02. The lowest BCUT2D eigenvalue weighted by atomic mass is 9.92. The Labute approximate surface area is 153 Å². The maximum atomic E-state index is 4.82. The summed E-state index contributed by atoms with van der Waals surface area (Å²) >= 11 is 0. The first-order valence-corrected chi connectivity index (χ1v) is 9.08. The fourth-order valence-corrected chi connectivity index (χ4v) is 3.29. The van der Waals surface area contributed by atoms with Gasteiger partial charge in [0.05, 0.1) is 6.04 Å². The van der Waals surface area contributed by atoms with Crippen LogP contribution in [-0.2, 0) is 6.42 Å². The van der Waals surface area contributed by atoms with Crippen LogP contribution >= 0.6 is 0 Å². The molecule has 1 aromatic carbocycles. The second-order valence-corrected chi connectivity index (χ2v) is 6.35. The first kappa shape index (κ1) is 16.4. The number of nitrogens with one attached hydrogen (secondary N) is 2. The molecule has 0 aliphatic heterocycles. The van der Waals surface area contributed by atoms with Crippen molar-refractivity contribution in [2.24, 2.45) is 0 Å². The number of aromatic nitrogens is 4. The van der Waals surface area contributed by atoms with Crippen molar-refractivity contribution in [3.05, 3.63) is 60.0 Å². The summed E-state index contributed by atoms with van der Waals surface area (Å²) in [5.74, 6) is 2.25. The zero-order valence-corrected chi connectivity index (χ0v) is 14.8. The molecule has 0 saturated carbocycles. The molecule has 0 amide bonds. The molecular formula is C20H22N6. The van der Waals surface area contributed by atoms with Gasteiger partial charge in [-0.3, -0.25) is 0 Å². The number of anilines is 2. The average Bonchev–Trinajstić information content (AvgIpc) is 2.69. The monoisotopic (exact) mass is 346 g/mol. The van der Waals surface area contributed by atoms with Crippen molar-refractivity contribution in [2.75, 3.05) is 17.2 Å². The predicted molar refractivity (Wildman–Crippen MR) is 103 cm³/mol. The quantitative estimate of drug-likeness (QED) is 0.731. The maximum absolute atomic E-state index is 4.82. The van der Waals surface area contributed by atoms with Crippen molar-refractivity contribution in [1.82, 2.24) is 19.9 Å². The summed E-state index contributed by atoms with van der Waals surface area (Å²) in [6, 6.07) is 12.1. The number of hydrogen-bond acceptors (Lipinski definition) is 6. The van der Waals surface area contributed by atoms with Crippen LogP contribution in [0.3, 0.4) is 0 Å². The van der Waals surface area contributed by atoms with Gasteiger partial charge in [-0.15, -0.1) is 0 Å². The van der Waals surface area contributed by atoms with Crippen molar-refractivity contribution in [3.63, 3.8) is 0 Å². The zero-order chi connectivity index (χ0) is 17.8. The number of aryl methyl sites for hydroxylation is 1. The Bertz CT molecular complexity index is 880. The second-order valence-electron chi connectivity index (χ2n) is 6.35. The van der Waals surface area contributed by atoms with E-state index < -0.39 is 0 Å². The van der Waals surface area contributed by atoms with E-state index in [0.717, 1.165) is 54.3 Å². The number of benzene rings is 1. The van der Waals surface area contributed by atoms with Gasteiger partial charge < -0.3 is 10.6 Å². The van der Waals surface area contributed by atoms with Crippen molar-refractivity contribution < 1.29 is 0 Å². The Morgan fingerprint density at radius 1 is 1.08 bits per heavy atom. The highest BCUT2D eigenvalue weighted by Crippen LogP contribution is 2.31. The standard InChI is InChI=1S/C20H22N6/c1-2-21-18-11-12-22-20(26-18)25-17-10-6-9-16-15(17)13-23-19(24-16)14-7-4-3-5-8-14/h3-5,7-8,11-13,17H,2,6,9-10H2,1H3,(H2,21,22,25,26)/t17-/m0/s1. The maximum Gasteiger partial charge on any atom is 0.225 e. The van der Waals surface area contributed by atoms with E-state index in [9.17, 15) is 0 Å². The molecule has 2 N–H and O–H groups in total. The van der Waals surface area contributed by atoms with Crippen LogP contribution in [0.1, 0.15) is 37.1 Å². The van der Waals surface area contributed by atoms with Gasteiger partial charge >= 0.3 is 0 Å². The van der Waals surface area contributed by atoms with E-state index in [0.29, 0.717) is 5.95 Å². The molecule has 2 heterocycles. The van der Waals surface area contributed by atoms with Gasteiger partial charge in [0.25, 0.3) is 0 Å². The molecule has 0 fully saturated rings. The minimum atomic E-state index is 0.139. The van der Waals surface area contributed by atoms with Crippen molar-refractivity contribution in [2.45, 2.75) is 32.2 Å². The molecule has 132 valence electrons. The van der Waals surface area contributed by atoms with Gasteiger partial charge in [-0.05, 0) is 32.3 Å². The van der Waals surface area contributed by atoms with Crippen LogP contribution in [0, 0.1) is 0 Å². The third-order valence-corrected chi connectivity index (χ3v) is 4.53. The van der Waals surface area contributed by atoms with E-state index in [1.807, 2.05) is 49.5 Å². The van der Waals surface area contributed by atoms with E-state index in [4.69, 9.17) is 4.98 Å². The highest BCUT2D eigenvalue weighted by molar-refractivity contribution is 5.55. The molecule has 1 atom stereocenters. The lowest BCUT2D eigenvalue weighted by molar-refractivity contribution is 0.581. The van der Waals surface area contributed by atoms with Gasteiger partial charge in [0.1, 0.15) is 5.82 Å². The summed E-state index contributed by atoms with van der Waals surface area (Å²) in [5, 5.41) is 6.67. The molecule has 4 rings (SSSR count). The molecular weight excluding hydrogens is 324 g/mol. The summed E-state index contributed by atoms with van der Waals surface area (Å²) in [6.07, 6.45) is 6.81. The minimum Gasteiger partial charge on any atom is -0.370 e. The van der Waals surface area contributed by atoms with E-state index in [1.165, 1.54) is 0 Å². The Morgan fingerprint density at radius 3 is 2.81 bits per heavy atom. The van der Waals surface area contributed by atoms with Crippen LogP contribution in [-0.4, -0.2) is 26.5 Å². The molecule has 0 saturated heterocycles. The molecule has 6 nitrogen and oxygen atoms in total. The zero-order valence-electron chi connectivity index (χ0n) is 14.8. The molecule has 0 spiro atoms. The lowest BCUT2D eigenvalue weighted by Gasteiger charge is -2.25. The van der Waals surface area contributed by atoms with E-state index in [2.05, 4.69) is 25.6 Å². The van der Waals surface area contributed by atoms with E-state index in [-0.39, 0.29) is 6.04 Å². The molecule has 6 heteroatoms. The number of rotatable bonds is 5. The van der Waals surface area contributed by atoms with Crippen LogP contribution in [0.25, 0.3) is 11.4 Å². The van der Waals surface area contributed by atoms with Gasteiger partial charge in [-0.2, -0.15) is 4.98 Å². The Morgan fingerprint density at radius 2 is 1.96 bits per heavy atom. The molecule has 1 aliphatic rings. The smallest absolute Gasteiger partial charge is 0.225 e. The SMILES string of the molecule is CCNc1ccnc(N[C@H]2CCCc3nc(-c4ccccc4)ncc32)n1. The number of nitrogens with zero attached hydrogens (tertiary/aromatic N) is 4. The predicted octanol–water partition coefficient (Wildman–Crippen LogP) is 3.85. The molecule has 0 bridgehead atoms. The average molecular weight is 346 g/mol. The van der Waals surface area contributed by atoms with Crippen molar-refractivity contribution >= 4 is 11.8 Å². The lowest BCUT2D eigenvalue weighted by Crippen LogP contribution is -2.20. The summed E-state index contributed by atoms with van der Waals surface area (Å²) in [5.41, 5.74) is 3.31. The van der Waals surface area contributed by atoms with Crippen LogP contribution in [0.5, 0.6) is 0 Å². The largest absolute Gasteiger partial charge is 0.370 e. The molecule has 1 aliphatic carbocycles. The number of hydrogen-bond donors (Lipinski definition) is 2. The van der Waals surface area contributed by atoms with Crippen LogP contribution in [0.2, 0.25) is 0 Å². The minimum absolute atomic E-state index is 0.139. The van der Waals surface area contributed by atoms with E-state index >= 15 is 0 Å². The fourth-order valence-electron chi connectivity index (χ4n) is 3.29. The Balaban J connectivity index is 1.58. The molecule has 0 unspecified atom stereocenters. The summed E-state index contributed by atoms with van der Waals surface area (Å²) in [4.78, 5) is 18.3. The van der Waals surface area contributed by atoms with Crippen molar-refractivity contribution in [1.29, 1.82) is 0 Å². The molecule has 2 aromatic heterocycles. The Kier molecular flexibility index (Phi) is 4.73. The normalized spacial score (nSPS) is 16.0. The van der Waals surface area contributed by atoms with Gasteiger partial charge in [0.2, 0.25) is 5.95 Å². The summed E-state index contributed by atoms with van der Waals surface area (Å²) in [6.45, 7) is 2.88. The molecule has 26 heavy (non-hydrogen) atoms.